The number of aliphatic hydroxyl groups excluding tert-OH is 1. The predicted molar refractivity (Wildman–Crippen MR) is 72.0 cm³/mol. The first-order chi connectivity index (χ1) is 7.91. The SMILES string of the molecule is CC(O)CCN(C)c1ccc(Cl)cc1C(=N)N. The van der Waals surface area contributed by atoms with Gasteiger partial charge in [-0.2, -0.15) is 0 Å². The van der Waals surface area contributed by atoms with Crippen molar-refractivity contribution in [2.45, 2.75) is 19.4 Å². The van der Waals surface area contributed by atoms with Gasteiger partial charge in [-0.05, 0) is 31.5 Å². The van der Waals surface area contributed by atoms with Crippen molar-refractivity contribution < 1.29 is 5.11 Å². The van der Waals surface area contributed by atoms with Crippen molar-refractivity contribution in [3.8, 4) is 0 Å². The lowest BCUT2D eigenvalue weighted by Crippen LogP contribution is -2.25. The second kappa shape index (κ2) is 5.89. The van der Waals surface area contributed by atoms with E-state index in [-0.39, 0.29) is 11.9 Å². The summed E-state index contributed by atoms with van der Waals surface area (Å²) in [5, 5.41) is 17.3. The molecule has 0 aliphatic rings. The van der Waals surface area contributed by atoms with Crippen LogP contribution in [0.5, 0.6) is 0 Å². The van der Waals surface area contributed by atoms with E-state index in [2.05, 4.69) is 0 Å². The van der Waals surface area contributed by atoms with Crippen molar-refractivity contribution in [1.82, 2.24) is 0 Å². The Morgan fingerprint density at radius 2 is 2.24 bits per heavy atom. The topological polar surface area (TPSA) is 73.3 Å². The molecular weight excluding hydrogens is 238 g/mol. The normalized spacial score (nSPS) is 12.2. The number of amidine groups is 1. The molecule has 0 heterocycles. The van der Waals surface area contributed by atoms with Gasteiger partial charge in [0.1, 0.15) is 5.84 Å². The lowest BCUT2D eigenvalue weighted by molar-refractivity contribution is 0.187. The fourth-order valence-electron chi connectivity index (χ4n) is 1.56. The summed E-state index contributed by atoms with van der Waals surface area (Å²) in [4.78, 5) is 1.96. The van der Waals surface area contributed by atoms with Crippen molar-refractivity contribution in [2.24, 2.45) is 5.73 Å². The molecule has 1 rings (SSSR count). The van der Waals surface area contributed by atoms with Crippen LogP contribution in [0.15, 0.2) is 18.2 Å². The van der Waals surface area contributed by atoms with Crippen molar-refractivity contribution in [1.29, 1.82) is 5.41 Å². The fraction of sp³-hybridized carbons (Fsp3) is 0.417. The number of hydrogen-bond acceptors (Lipinski definition) is 3. The van der Waals surface area contributed by atoms with Crippen molar-refractivity contribution in [2.75, 3.05) is 18.5 Å². The van der Waals surface area contributed by atoms with E-state index in [4.69, 9.17) is 22.7 Å². The molecule has 0 spiro atoms. The molecule has 0 aromatic heterocycles. The Bertz CT molecular complexity index is 407. The summed E-state index contributed by atoms with van der Waals surface area (Å²) in [5.74, 6) is -0.00797. The van der Waals surface area contributed by atoms with E-state index in [0.29, 0.717) is 23.6 Å². The molecule has 0 saturated heterocycles. The smallest absolute Gasteiger partial charge is 0.124 e. The predicted octanol–water partition coefficient (Wildman–Crippen LogP) is 1.83. The Morgan fingerprint density at radius 1 is 1.59 bits per heavy atom. The first kappa shape index (κ1) is 13.8. The van der Waals surface area contributed by atoms with E-state index in [1.165, 1.54) is 0 Å². The molecule has 1 aromatic rings. The maximum absolute atomic E-state index is 9.26. The van der Waals surface area contributed by atoms with Crippen LogP contribution in [0.1, 0.15) is 18.9 Å². The molecule has 1 aromatic carbocycles. The third kappa shape index (κ3) is 3.91. The van der Waals surface area contributed by atoms with Crippen LogP contribution in [-0.4, -0.2) is 30.6 Å². The molecule has 0 amide bonds. The average molecular weight is 256 g/mol. The van der Waals surface area contributed by atoms with E-state index < -0.39 is 0 Å². The molecule has 5 heteroatoms. The highest BCUT2D eigenvalue weighted by atomic mass is 35.5. The minimum atomic E-state index is -0.342. The monoisotopic (exact) mass is 255 g/mol. The molecule has 0 radical (unpaired) electrons. The van der Waals surface area contributed by atoms with Crippen molar-refractivity contribution >= 4 is 23.1 Å². The van der Waals surface area contributed by atoms with Gasteiger partial charge < -0.3 is 15.7 Å². The number of anilines is 1. The number of halogens is 1. The maximum atomic E-state index is 9.26. The van der Waals surface area contributed by atoms with E-state index in [1.807, 2.05) is 18.0 Å². The zero-order valence-electron chi connectivity index (χ0n) is 10.1. The third-order valence-corrected chi connectivity index (χ3v) is 2.78. The summed E-state index contributed by atoms with van der Waals surface area (Å²) in [6, 6.07) is 5.28. The van der Waals surface area contributed by atoms with Gasteiger partial charge in [-0.15, -0.1) is 0 Å². The van der Waals surface area contributed by atoms with Gasteiger partial charge >= 0.3 is 0 Å². The Labute approximate surface area is 107 Å². The highest BCUT2D eigenvalue weighted by molar-refractivity contribution is 6.31. The Balaban J connectivity index is 2.92. The van der Waals surface area contributed by atoms with Crippen LogP contribution in [0.3, 0.4) is 0 Å². The van der Waals surface area contributed by atoms with Gasteiger partial charge in [0.25, 0.3) is 0 Å². The lowest BCUT2D eigenvalue weighted by atomic mass is 10.1. The average Bonchev–Trinajstić information content (AvgIpc) is 2.25. The summed E-state index contributed by atoms with van der Waals surface area (Å²) in [7, 11) is 1.90. The Hall–Kier alpha value is -1.26. The fourth-order valence-corrected chi connectivity index (χ4v) is 1.73. The number of aliphatic hydroxyl groups is 1. The lowest BCUT2D eigenvalue weighted by Gasteiger charge is -2.22. The Morgan fingerprint density at radius 3 is 2.76 bits per heavy atom. The number of nitrogens with one attached hydrogen (secondary N) is 1. The summed E-state index contributed by atoms with van der Waals surface area (Å²) in [6.07, 6.45) is 0.321. The minimum absolute atomic E-state index is 0.00797. The van der Waals surface area contributed by atoms with Crippen LogP contribution in [0.4, 0.5) is 5.69 Å². The number of benzene rings is 1. The van der Waals surface area contributed by atoms with Gasteiger partial charge in [-0.1, -0.05) is 11.6 Å². The van der Waals surface area contributed by atoms with E-state index in [9.17, 15) is 5.11 Å². The molecule has 0 saturated carbocycles. The van der Waals surface area contributed by atoms with Crippen LogP contribution in [0.25, 0.3) is 0 Å². The second-order valence-electron chi connectivity index (χ2n) is 4.13. The zero-order chi connectivity index (χ0) is 13.0. The van der Waals surface area contributed by atoms with Gasteiger partial charge in [0.2, 0.25) is 0 Å². The minimum Gasteiger partial charge on any atom is -0.393 e. The molecule has 0 fully saturated rings. The summed E-state index contributed by atoms with van der Waals surface area (Å²) in [6.45, 7) is 2.45. The van der Waals surface area contributed by atoms with Gasteiger partial charge in [0.05, 0.1) is 6.10 Å². The number of nitrogens with two attached hydrogens (primary N) is 1. The molecule has 4 nitrogen and oxygen atoms in total. The highest BCUT2D eigenvalue weighted by Gasteiger charge is 2.11. The molecule has 1 atom stereocenters. The van der Waals surface area contributed by atoms with E-state index in [0.717, 1.165) is 5.69 Å². The Kier molecular flexibility index (Phi) is 4.78. The second-order valence-corrected chi connectivity index (χ2v) is 4.57. The number of nitrogen functional groups attached to an aromatic ring is 1. The molecule has 0 aliphatic carbocycles. The molecule has 4 N–H and O–H groups in total. The van der Waals surface area contributed by atoms with Crippen LogP contribution < -0.4 is 10.6 Å². The summed E-state index contributed by atoms with van der Waals surface area (Å²) >= 11 is 5.88. The van der Waals surface area contributed by atoms with Gasteiger partial charge in [-0.3, -0.25) is 5.41 Å². The number of hydrogen-bond donors (Lipinski definition) is 3. The molecule has 1 unspecified atom stereocenters. The molecule has 0 bridgehead atoms. The van der Waals surface area contributed by atoms with Gasteiger partial charge in [0, 0.05) is 29.9 Å². The van der Waals surface area contributed by atoms with Gasteiger partial charge in [0.15, 0.2) is 0 Å². The largest absolute Gasteiger partial charge is 0.393 e. The highest BCUT2D eigenvalue weighted by Crippen LogP contribution is 2.23. The van der Waals surface area contributed by atoms with Crippen molar-refractivity contribution in [3.63, 3.8) is 0 Å². The first-order valence-corrected chi connectivity index (χ1v) is 5.82. The maximum Gasteiger partial charge on any atom is 0.124 e. The molecule has 0 aliphatic heterocycles. The summed E-state index contributed by atoms with van der Waals surface area (Å²) < 4.78 is 0. The van der Waals surface area contributed by atoms with Crippen LogP contribution in [0, 0.1) is 5.41 Å². The van der Waals surface area contributed by atoms with Crippen LogP contribution >= 0.6 is 11.6 Å². The third-order valence-electron chi connectivity index (χ3n) is 2.54. The van der Waals surface area contributed by atoms with Gasteiger partial charge in [-0.25, -0.2) is 0 Å². The van der Waals surface area contributed by atoms with Crippen LogP contribution in [0.2, 0.25) is 5.02 Å². The molecule has 94 valence electrons. The number of nitrogens with zero attached hydrogens (tertiary/aromatic N) is 1. The summed E-state index contributed by atoms with van der Waals surface area (Å²) in [5.41, 5.74) is 6.99. The van der Waals surface area contributed by atoms with E-state index in [1.54, 1.807) is 19.1 Å². The zero-order valence-corrected chi connectivity index (χ0v) is 10.8. The van der Waals surface area contributed by atoms with E-state index >= 15 is 0 Å². The first-order valence-electron chi connectivity index (χ1n) is 5.45. The van der Waals surface area contributed by atoms with Crippen LogP contribution in [-0.2, 0) is 0 Å². The quantitative estimate of drug-likeness (QED) is 0.555. The molecular formula is C12H18ClN3O. The van der Waals surface area contributed by atoms with Crippen molar-refractivity contribution in [3.05, 3.63) is 28.8 Å². The molecule has 17 heavy (non-hydrogen) atoms. The standard InChI is InChI=1S/C12H18ClN3O/c1-8(17)5-6-16(2)11-4-3-9(13)7-10(11)12(14)15/h3-4,7-8,17H,5-6H2,1-2H3,(H3,14,15). The number of rotatable bonds is 5.